The zero-order valence-electron chi connectivity index (χ0n) is 14.7. The van der Waals surface area contributed by atoms with E-state index >= 15 is 0 Å². The SMILES string of the molecule is CC(C)(C)OC(=O)N1CCC(COc2cc(Br)cc([N+](=O)[O-])c2)CC1. The molecule has 0 radical (unpaired) electrons. The maximum Gasteiger partial charge on any atom is 0.410 e. The molecular weight excluding hydrogens is 392 g/mol. The lowest BCUT2D eigenvalue weighted by atomic mass is 9.98. The Morgan fingerprint density at radius 2 is 1.96 bits per heavy atom. The van der Waals surface area contributed by atoms with Gasteiger partial charge in [0.15, 0.2) is 0 Å². The molecule has 0 unspecified atom stereocenters. The number of nitro benzene ring substituents is 1. The van der Waals surface area contributed by atoms with E-state index < -0.39 is 10.5 Å². The van der Waals surface area contributed by atoms with Crippen LogP contribution in [0, 0.1) is 16.0 Å². The Morgan fingerprint density at radius 1 is 1.32 bits per heavy atom. The third-order valence-corrected chi connectivity index (χ3v) is 4.28. The van der Waals surface area contributed by atoms with Gasteiger partial charge in [0.25, 0.3) is 5.69 Å². The summed E-state index contributed by atoms with van der Waals surface area (Å²) in [5.74, 6) is 0.771. The van der Waals surface area contributed by atoms with Gasteiger partial charge in [-0.3, -0.25) is 10.1 Å². The number of carbonyl (C=O) groups excluding carboxylic acids is 1. The number of non-ortho nitro benzene ring substituents is 1. The van der Waals surface area contributed by atoms with E-state index in [0.29, 0.717) is 35.8 Å². The molecule has 1 aliphatic rings. The lowest BCUT2D eigenvalue weighted by Gasteiger charge is -2.33. The topological polar surface area (TPSA) is 81.9 Å². The highest BCUT2D eigenvalue weighted by Crippen LogP contribution is 2.27. The minimum Gasteiger partial charge on any atom is -0.493 e. The Labute approximate surface area is 155 Å². The number of ether oxygens (including phenoxy) is 2. The number of hydrogen-bond donors (Lipinski definition) is 0. The molecule has 0 N–H and O–H groups in total. The third-order valence-electron chi connectivity index (χ3n) is 3.82. The maximum absolute atomic E-state index is 12.0. The maximum atomic E-state index is 12.0. The van der Waals surface area contributed by atoms with E-state index in [0.717, 1.165) is 12.8 Å². The van der Waals surface area contributed by atoms with Crippen molar-refractivity contribution in [3.8, 4) is 5.75 Å². The molecule has 138 valence electrons. The van der Waals surface area contributed by atoms with Crippen LogP contribution in [0.5, 0.6) is 5.75 Å². The summed E-state index contributed by atoms with van der Waals surface area (Å²) in [5, 5.41) is 10.9. The van der Waals surface area contributed by atoms with E-state index in [1.807, 2.05) is 20.8 Å². The molecule has 1 aliphatic heterocycles. The monoisotopic (exact) mass is 414 g/mol. The van der Waals surface area contributed by atoms with Crippen molar-refractivity contribution in [2.45, 2.75) is 39.2 Å². The average Bonchev–Trinajstić information content (AvgIpc) is 2.51. The summed E-state index contributed by atoms with van der Waals surface area (Å²) in [6.07, 6.45) is 1.35. The number of benzene rings is 1. The molecule has 0 spiro atoms. The van der Waals surface area contributed by atoms with E-state index in [1.165, 1.54) is 12.1 Å². The van der Waals surface area contributed by atoms with Gasteiger partial charge in [-0.1, -0.05) is 15.9 Å². The van der Waals surface area contributed by atoms with Gasteiger partial charge >= 0.3 is 6.09 Å². The second-order valence-corrected chi connectivity index (χ2v) is 8.04. The molecular formula is C17H23BrN2O5. The Kier molecular flexibility index (Phi) is 6.26. The Hall–Kier alpha value is -1.83. The number of piperidine rings is 1. The quantitative estimate of drug-likeness (QED) is 0.538. The fraction of sp³-hybridized carbons (Fsp3) is 0.588. The van der Waals surface area contributed by atoms with Crippen LogP contribution in [-0.4, -0.2) is 41.2 Å². The predicted octanol–water partition coefficient (Wildman–Crippen LogP) is 4.38. The van der Waals surface area contributed by atoms with Gasteiger partial charge in [-0.25, -0.2) is 4.79 Å². The van der Waals surface area contributed by atoms with Crippen molar-refractivity contribution < 1.29 is 19.2 Å². The van der Waals surface area contributed by atoms with Gasteiger partial charge in [-0.15, -0.1) is 0 Å². The highest BCUT2D eigenvalue weighted by Gasteiger charge is 2.27. The van der Waals surface area contributed by atoms with Crippen LogP contribution in [0.15, 0.2) is 22.7 Å². The van der Waals surface area contributed by atoms with Crippen molar-refractivity contribution >= 4 is 27.7 Å². The van der Waals surface area contributed by atoms with Gasteiger partial charge in [0.05, 0.1) is 17.6 Å². The van der Waals surface area contributed by atoms with Crippen LogP contribution in [0.25, 0.3) is 0 Å². The lowest BCUT2D eigenvalue weighted by Crippen LogP contribution is -2.42. The Morgan fingerprint density at radius 3 is 2.52 bits per heavy atom. The summed E-state index contributed by atoms with van der Waals surface area (Å²) in [6.45, 7) is 7.27. The van der Waals surface area contributed by atoms with E-state index in [2.05, 4.69) is 15.9 Å². The van der Waals surface area contributed by atoms with Crippen molar-refractivity contribution in [2.24, 2.45) is 5.92 Å². The zero-order valence-corrected chi connectivity index (χ0v) is 16.2. The van der Waals surface area contributed by atoms with Crippen LogP contribution in [0.4, 0.5) is 10.5 Å². The molecule has 1 saturated heterocycles. The summed E-state index contributed by atoms with van der Waals surface area (Å²) in [6, 6.07) is 4.57. The summed E-state index contributed by atoms with van der Waals surface area (Å²) in [5.41, 5.74) is -0.504. The van der Waals surface area contributed by atoms with Crippen LogP contribution in [0.1, 0.15) is 33.6 Å². The molecule has 1 fully saturated rings. The minimum absolute atomic E-state index is 0.0101. The summed E-state index contributed by atoms with van der Waals surface area (Å²) in [7, 11) is 0. The number of carbonyl (C=O) groups is 1. The fourth-order valence-corrected chi connectivity index (χ4v) is 3.02. The summed E-state index contributed by atoms with van der Waals surface area (Å²) >= 11 is 3.25. The first kappa shape index (κ1) is 19.5. The molecule has 0 saturated carbocycles. The van der Waals surface area contributed by atoms with Gasteiger partial charge in [0.1, 0.15) is 11.4 Å². The third kappa shape index (κ3) is 6.19. The van der Waals surface area contributed by atoms with Gasteiger partial charge in [0, 0.05) is 23.6 Å². The number of likely N-dealkylation sites (tertiary alicyclic amines) is 1. The molecule has 7 nitrogen and oxygen atoms in total. The molecule has 0 aromatic heterocycles. The first-order chi connectivity index (χ1) is 11.6. The molecule has 25 heavy (non-hydrogen) atoms. The second kappa shape index (κ2) is 8.03. The van der Waals surface area contributed by atoms with Crippen molar-refractivity contribution in [1.82, 2.24) is 4.90 Å². The van der Waals surface area contributed by atoms with Crippen LogP contribution in [-0.2, 0) is 4.74 Å². The van der Waals surface area contributed by atoms with Crippen molar-refractivity contribution in [3.05, 3.63) is 32.8 Å². The van der Waals surface area contributed by atoms with Crippen molar-refractivity contribution in [2.75, 3.05) is 19.7 Å². The van der Waals surface area contributed by atoms with E-state index in [-0.39, 0.29) is 11.8 Å². The second-order valence-electron chi connectivity index (χ2n) is 7.12. The van der Waals surface area contributed by atoms with Crippen molar-refractivity contribution in [1.29, 1.82) is 0 Å². The highest BCUT2D eigenvalue weighted by molar-refractivity contribution is 9.10. The van der Waals surface area contributed by atoms with Crippen LogP contribution in [0.2, 0.25) is 0 Å². The Bertz CT molecular complexity index is 636. The number of halogens is 1. The van der Waals surface area contributed by atoms with Crippen LogP contribution < -0.4 is 4.74 Å². The number of rotatable bonds is 4. The van der Waals surface area contributed by atoms with E-state index in [9.17, 15) is 14.9 Å². The van der Waals surface area contributed by atoms with Crippen LogP contribution >= 0.6 is 15.9 Å². The molecule has 0 aliphatic carbocycles. The molecule has 8 heteroatoms. The van der Waals surface area contributed by atoms with E-state index in [4.69, 9.17) is 9.47 Å². The Balaban J connectivity index is 1.83. The van der Waals surface area contributed by atoms with Gasteiger partial charge < -0.3 is 14.4 Å². The van der Waals surface area contributed by atoms with E-state index in [1.54, 1.807) is 11.0 Å². The first-order valence-corrected chi connectivity index (χ1v) is 8.99. The lowest BCUT2D eigenvalue weighted by molar-refractivity contribution is -0.385. The highest BCUT2D eigenvalue weighted by atomic mass is 79.9. The van der Waals surface area contributed by atoms with Crippen molar-refractivity contribution in [3.63, 3.8) is 0 Å². The fourth-order valence-electron chi connectivity index (χ4n) is 2.56. The van der Waals surface area contributed by atoms with Gasteiger partial charge in [0.2, 0.25) is 0 Å². The van der Waals surface area contributed by atoms with Gasteiger partial charge in [-0.2, -0.15) is 0 Å². The normalized spacial score (nSPS) is 15.8. The summed E-state index contributed by atoms with van der Waals surface area (Å²) < 4.78 is 11.7. The first-order valence-electron chi connectivity index (χ1n) is 8.20. The number of hydrogen-bond acceptors (Lipinski definition) is 5. The molecule has 2 rings (SSSR count). The standard InChI is InChI=1S/C17H23BrN2O5/c1-17(2,3)25-16(21)19-6-4-12(5-7-19)11-24-15-9-13(18)8-14(10-15)20(22)23/h8-10,12H,4-7,11H2,1-3H3. The summed E-state index contributed by atoms with van der Waals surface area (Å²) in [4.78, 5) is 24.2. The van der Waals surface area contributed by atoms with Gasteiger partial charge in [-0.05, 0) is 45.6 Å². The molecule has 1 amide bonds. The largest absolute Gasteiger partial charge is 0.493 e. The number of nitro groups is 1. The number of amides is 1. The molecule has 0 atom stereocenters. The number of nitrogens with zero attached hydrogens (tertiary/aromatic N) is 2. The molecule has 1 heterocycles. The smallest absolute Gasteiger partial charge is 0.410 e. The predicted molar refractivity (Wildman–Crippen MR) is 96.8 cm³/mol. The minimum atomic E-state index is -0.494. The molecule has 1 aromatic rings. The average molecular weight is 415 g/mol. The zero-order chi connectivity index (χ0) is 18.6. The molecule has 1 aromatic carbocycles. The van der Waals surface area contributed by atoms with Crippen LogP contribution in [0.3, 0.4) is 0 Å². The molecule has 0 bridgehead atoms.